The molecule has 112 valence electrons. The third-order valence-corrected chi connectivity index (χ3v) is 4.23. The maximum absolute atomic E-state index is 12.8. The maximum atomic E-state index is 12.8. The van der Waals surface area contributed by atoms with E-state index in [2.05, 4.69) is 20.0 Å². The molecule has 4 rings (SSSR count). The second kappa shape index (κ2) is 4.08. The normalized spacial score (nSPS) is 25.2. The van der Waals surface area contributed by atoms with Gasteiger partial charge in [0.05, 0.1) is 0 Å². The van der Waals surface area contributed by atoms with Crippen LogP contribution in [0.4, 0.5) is 19.0 Å². The molecule has 21 heavy (non-hydrogen) atoms. The van der Waals surface area contributed by atoms with Gasteiger partial charge in [0.15, 0.2) is 0 Å². The Morgan fingerprint density at radius 1 is 1.29 bits per heavy atom. The zero-order chi connectivity index (χ0) is 14.8. The molecule has 0 spiro atoms. The molecule has 0 N–H and O–H groups in total. The highest BCUT2D eigenvalue weighted by Gasteiger charge is 2.45. The summed E-state index contributed by atoms with van der Waals surface area (Å²) in [7, 11) is 0. The van der Waals surface area contributed by atoms with E-state index in [4.69, 9.17) is 0 Å². The lowest BCUT2D eigenvalue weighted by Gasteiger charge is -2.28. The first kappa shape index (κ1) is 12.8. The van der Waals surface area contributed by atoms with E-state index in [0.717, 1.165) is 19.4 Å². The molecule has 2 aromatic rings. The molecular formula is C13H14F3N5. The standard InChI is InChI=1S/C13H14F3N5/c1-7-5-10(20-4-2-3-8-6-9(8)20)21-12(17-7)18-11(19-21)13(14,15)16/h5,8-9H,2-4,6H2,1H3/t8-,9+/m1/s1. The first-order chi connectivity index (χ1) is 9.93. The van der Waals surface area contributed by atoms with Crippen molar-refractivity contribution in [2.45, 2.75) is 38.4 Å². The van der Waals surface area contributed by atoms with Gasteiger partial charge in [0.2, 0.25) is 0 Å². The zero-order valence-electron chi connectivity index (χ0n) is 11.4. The van der Waals surface area contributed by atoms with Crippen LogP contribution in [0.2, 0.25) is 0 Å². The highest BCUT2D eigenvalue weighted by molar-refractivity contribution is 5.50. The van der Waals surface area contributed by atoms with E-state index in [1.54, 1.807) is 13.0 Å². The maximum Gasteiger partial charge on any atom is 0.453 e. The van der Waals surface area contributed by atoms with Gasteiger partial charge in [0.1, 0.15) is 5.82 Å². The van der Waals surface area contributed by atoms with Crippen molar-refractivity contribution in [1.29, 1.82) is 0 Å². The minimum absolute atomic E-state index is 0.0140. The van der Waals surface area contributed by atoms with E-state index >= 15 is 0 Å². The monoisotopic (exact) mass is 297 g/mol. The van der Waals surface area contributed by atoms with E-state index in [-0.39, 0.29) is 5.78 Å². The fraction of sp³-hybridized carbons (Fsp3) is 0.615. The molecule has 1 saturated heterocycles. The van der Waals surface area contributed by atoms with Crippen LogP contribution >= 0.6 is 0 Å². The molecule has 2 fully saturated rings. The predicted octanol–water partition coefficient (Wildman–Crippen LogP) is 2.44. The van der Waals surface area contributed by atoms with Crippen molar-refractivity contribution >= 4 is 11.6 Å². The second-order valence-corrected chi connectivity index (χ2v) is 5.80. The second-order valence-electron chi connectivity index (χ2n) is 5.80. The average molecular weight is 297 g/mol. The lowest BCUT2D eigenvalue weighted by atomic mass is 10.1. The van der Waals surface area contributed by atoms with Gasteiger partial charge in [-0.15, -0.1) is 5.10 Å². The minimum Gasteiger partial charge on any atom is -0.353 e. The van der Waals surface area contributed by atoms with E-state index < -0.39 is 12.0 Å². The van der Waals surface area contributed by atoms with Crippen molar-refractivity contribution in [3.63, 3.8) is 0 Å². The van der Waals surface area contributed by atoms with E-state index in [1.807, 2.05) is 0 Å². The number of aryl methyl sites for hydroxylation is 1. The molecule has 3 heterocycles. The predicted molar refractivity (Wildman–Crippen MR) is 69.0 cm³/mol. The van der Waals surface area contributed by atoms with Gasteiger partial charge < -0.3 is 4.90 Å². The number of rotatable bonds is 1. The van der Waals surface area contributed by atoms with Gasteiger partial charge in [-0.25, -0.2) is 4.98 Å². The largest absolute Gasteiger partial charge is 0.453 e. The van der Waals surface area contributed by atoms with Crippen LogP contribution in [0, 0.1) is 12.8 Å². The lowest BCUT2D eigenvalue weighted by Crippen LogP contribution is -2.33. The van der Waals surface area contributed by atoms with Crippen LogP contribution in [0.25, 0.3) is 5.78 Å². The SMILES string of the molecule is Cc1cc(N2CCC[C@@H]3C[C@@H]32)n2nc(C(F)(F)F)nc2n1. The van der Waals surface area contributed by atoms with E-state index in [0.29, 0.717) is 23.5 Å². The van der Waals surface area contributed by atoms with Crippen molar-refractivity contribution < 1.29 is 13.2 Å². The van der Waals surface area contributed by atoms with Crippen LogP contribution in [0.5, 0.6) is 0 Å². The summed E-state index contributed by atoms with van der Waals surface area (Å²) >= 11 is 0. The van der Waals surface area contributed by atoms with Gasteiger partial charge in [-0.1, -0.05) is 0 Å². The molecule has 0 aromatic carbocycles. The number of nitrogens with zero attached hydrogens (tertiary/aromatic N) is 5. The Kier molecular flexibility index (Phi) is 2.50. The van der Waals surface area contributed by atoms with Crippen LogP contribution in [-0.2, 0) is 6.18 Å². The van der Waals surface area contributed by atoms with Crippen LogP contribution in [-0.4, -0.2) is 32.2 Å². The van der Waals surface area contributed by atoms with Crippen LogP contribution in [0.1, 0.15) is 30.8 Å². The molecule has 5 nitrogen and oxygen atoms in total. The molecule has 0 radical (unpaired) electrons. The summed E-state index contributed by atoms with van der Waals surface area (Å²) in [5.74, 6) is 0.229. The first-order valence-corrected chi connectivity index (χ1v) is 7.02. The Morgan fingerprint density at radius 2 is 2.10 bits per heavy atom. The average Bonchev–Trinajstić information content (AvgIpc) is 3.07. The fourth-order valence-corrected chi connectivity index (χ4v) is 3.19. The number of hydrogen-bond donors (Lipinski definition) is 0. The molecule has 1 aliphatic carbocycles. The molecule has 0 amide bonds. The number of halogens is 3. The Hall–Kier alpha value is -1.86. The molecule has 1 saturated carbocycles. The van der Waals surface area contributed by atoms with Gasteiger partial charge in [-0.2, -0.15) is 22.7 Å². The molecular weight excluding hydrogens is 283 g/mol. The third kappa shape index (κ3) is 2.04. The molecule has 1 aliphatic heterocycles. The molecule has 2 atom stereocenters. The van der Waals surface area contributed by atoms with Gasteiger partial charge in [-0.3, -0.25) is 0 Å². The molecule has 0 bridgehead atoms. The van der Waals surface area contributed by atoms with Crippen molar-refractivity contribution in [3.8, 4) is 0 Å². The first-order valence-electron chi connectivity index (χ1n) is 7.02. The van der Waals surface area contributed by atoms with Crippen LogP contribution in [0.15, 0.2) is 6.07 Å². The van der Waals surface area contributed by atoms with Crippen molar-refractivity contribution in [2.24, 2.45) is 5.92 Å². The van der Waals surface area contributed by atoms with E-state index in [9.17, 15) is 13.2 Å². The Labute approximate surface area is 118 Å². The quantitative estimate of drug-likeness (QED) is 0.811. The summed E-state index contributed by atoms with van der Waals surface area (Å²) in [6.07, 6.45) is -1.17. The number of hydrogen-bond acceptors (Lipinski definition) is 4. The van der Waals surface area contributed by atoms with Crippen molar-refractivity contribution in [3.05, 3.63) is 17.6 Å². The van der Waals surface area contributed by atoms with Gasteiger partial charge in [0.25, 0.3) is 11.6 Å². The minimum atomic E-state index is -4.55. The van der Waals surface area contributed by atoms with Gasteiger partial charge >= 0.3 is 6.18 Å². The fourth-order valence-electron chi connectivity index (χ4n) is 3.19. The van der Waals surface area contributed by atoms with Crippen LogP contribution < -0.4 is 4.90 Å². The van der Waals surface area contributed by atoms with Gasteiger partial charge in [-0.05, 0) is 32.1 Å². The third-order valence-electron chi connectivity index (χ3n) is 4.23. The Bertz CT molecular complexity index is 708. The Balaban J connectivity index is 1.85. The Morgan fingerprint density at radius 3 is 2.86 bits per heavy atom. The number of fused-ring (bicyclic) bond motifs is 2. The highest BCUT2D eigenvalue weighted by Crippen LogP contribution is 2.45. The smallest absolute Gasteiger partial charge is 0.353 e. The van der Waals surface area contributed by atoms with Crippen molar-refractivity contribution in [1.82, 2.24) is 19.6 Å². The zero-order valence-corrected chi connectivity index (χ0v) is 11.4. The highest BCUT2D eigenvalue weighted by atomic mass is 19.4. The molecule has 2 aromatic heterocycles. The summed E-state index contributed by atoms with van der Waals surface area (Å²) in [6, 6.07) is 2.23. The summed E-state index contributed by atoms with van der Waals surface area (Å²) in [6.45, 7) is 2.61. The number of anilines is 1. The molecule has 2 aliphatic rings. The van der Waals surface area contributed by atoms with Crippen LogP contribution in [0.3, 0.4) is 0 Å². The topological polar surface area (TPSA) is 46.3 Å². The summed E-state index contributed by atoms with van der Waals surface area (Å²) < 4.78 is 39.6. The van der Waals surface area contributed by atoms with E-state index in [1.165, 1.54) is 10.9 Å². The number of alkyl halides is 3. The van der Waals surface area contributed by atoms with Gasteiger partial charge in [0, 0.05) is 24.3 Å². The molecule has 0 unspecified atom stereocenters. The lowest BCUT2D eigenvalue weighted by molar-refractivity contribution is -0.144. The molecule has 8 heteroatoms. The summed E-state index contributed by atoms with van der Waals surface area (Å²) in [5.41, 5.74) is 0.654. The van der Waals surface area contributed by atoms with Crippen molar-refractivity contribution in [2.75, 3.05) is 11.4 Å². The number of piperidine rings is 1. The summed E-state index contributed by atoms with van der Waals surface area (Å²) in [4.78, 5) is 9.75. The number of aromatic nitrogens is 4. The summed E-state index contributed by atoms with van der Waals surface area (Å²) in [5, 5.41) is 3.63.